The molecular formula is C15H20ClN3S. The van der Waals surface area contributed by atoms with Crippen LogP contribution < -0.4 is 0 Å². The Morgan fingerprint density at radius 1 is 1.45 bits per heavy atom. The van der Waals surface area contributed by atoms with Crippen molar-refractivity contribution in [2.24, 2.45) is 0 Å². The van der Waals surface area contributed by atoms with Crippen LogP contribution in [0.4, 0.5) is 0 Å². The van der Waals surface area contributed by atoms with E-state index in [0.717, 1.165) is 16.6 Å². The van der Waals surface area contributed by atoms with Crippen molar-refractivity contribution in [2.75, 3.05) is 6.26 Å². The third-order valence-corrected chi connectivity index (χ3v) is 5.46. The highest BCUT2D eigenvalue weighted by molar-refractivity contribution is 7.99. The van der Waals surface area contributed by atoms with Crippen LogP contribution in [0.25, 0.3) is 11.0 Å². The summed E-state index contributed by atoms with van der Waals surface area (Å²) >= 11 is 8.35. The van der Waals surface area contributed by atoms with Crippen LogP contribution in [-0.2, 0) is 0 Å². The topological polar surface area (TPSA) is 30.7 Å². The van der Waals surface area contributed by atoms with Crippen LogP contribution in [0.15, 0.2) is 18.5 Å². The van der Waals surface area contributed by atoms with E-state index in [-0.39, 0.29) is 5.38 Å². The molecule has 1 aliphatic rings. The van der Waals surface area contributed by atoms with Gasteiger partial charge in [-0.1, -0.05) is 6.42 Å². The highest BCUT2D eigenvalue weighted by atomic mass is 35.5. The van der Waals surface area contributed by atoms with Crippen molar-refractivity contribution in [3.8, 4) is 0 Å². The summed E-state index contributed by atoms with van der Waals surface area (Å²) in [6, 6.07) is 2.58. The Bertz CT molecular complexity index is 596. The highest BCUT2D eigenvalue weighted by Gasteiger charge is 2.27. The van der Waals surface area contributed by atoms with Crippen molar-refractivity contribution >= 4 is 34.4 Å². The minimum absolute atomic E-state index is 0.0722. The number of nitrogens with zero attached hydrogens (tertiary/aromatic N) is 3. The van der Waals surface area contributed by atoms with Gasteiger partial charge in [-0.15, -0.1) is 11.6 Å². The fourth-order valence-electron chi connectivity index (χ4n) is 3.20. The Kier molecular flexibility index (Phi) is 4.22. The molecule has 3 atom stereocenters. The first-order chi connectivity index (χ1) is 9.70. The second-order valence-electron chi connectivity index (χ2n) is 5.50. The molecule has 2 aromatic rings. The zero-order valence-corrected chi connectivity index (χ0v) is 13.5. The normalized spacial score (nSPS) is 24.9. The van der Waals surface area contributed by atoms with Gasteiger partial charge in [-0.05, 0) is 38.5 Å². The average molecular weight is 310 g/mol. The summed E-state index contributed by atoms with van der Waals surface area (Å²) in [6.07, 6.45) is 11.0. The smallest absolute Gasteiger partial charge is 0.128 e. The number of hydrogen-bond donors (Lipinski definition) is 0. The van der Waals surface area contributed by atoms with E-state index in [9.17, 15) is 0 Å². The van der Waals surface area contributed by atoms with Crippen LogP contribution in [0.3, 0.4) is 0 Å². The SMILES string of the molecule is CSC1CCCC(n2c(C(C)Cl)nc3cnccc32)C1. The van der Waals surface area contributed by atoms with Crippen molar-refractivity contribution < 1.29 is 0 Å². The predicted molar refractivity (Wildman–Crippen MR) is 86.6 cm³/mol. The fourth-order valence-corrected chi connectivity index (χ4v) is 4.17. The maximum Gasteiger partial charge on any atom is 0.128 e. The summed E-state index contributed by atoms with van der Waals surface area (Å²) in [5.74, 6) is 0.987. The van der Waals surface area contributed by atoms with Gasteiger partial charge in [0.2, 0.25) is 0 Å². The average Bonchev–Trinajstić information content (AvgIpc) is 2.87. The molecule has 1 aliphatic carbocycles. The van der Waals surface area contributed by atoms with E-state index >= 15 is 0 Å². The standard InChI is InChI=1S/C15H20ClN3S/c1-10(16)15-18-13-9-17-7-6-14(13)19(15)11-4-3-5-12(8-11)20-2/h6-7,9-12H,3-5,8H2,1-2H3. The molecule has 0 spiro atoms. The molecule has 1 saturated carbocycles. The quantitative estimate of drug-likeness (QED) is 0.778. The first-order valence-corrected chi connectivity index (χ1v) is 8.92. The lowest BCUT2D eigenvalue weighted by molar-refractivity contribution is 0.360. The minimum Gasteiger partial charge on any atom is -0.323 e. The van der Waals surface area contributed by atoms with Gasteiger partial charge in [0.25, 0.3) is 0 Å². The molecule has 0 N–H and O–H groups in total. The number of thioether (sulfide) groups is 1. The molecule has 3 unspecified atom stereocenters. The number of imidazole rings is 1. The van der Waals surface area contributed by atoms with Gasteiger partial charge in [-0.2, -0.15) is 11.8 Å². The van der Waals surface area contributed by atoms with Crippen LogP contribution in [0.2, 0.25) is 0 Å². The number of hydrogen-bond acceptors (Lipinski definition) is 3. The molecule has 2 heterocycles. The van der Waals surface area contributed by atoms with Gasteiger partial charge in [-0.3, -0.25) is 4.98 Å². The first-order valence-electron chi connectivity index (χ1n) is 7.19. The zero-order chi connectivity index (χ0) is 14.1. The number of aromatic nitrogens is 3. The Hall–Kier alpha value is -0.740. The van der Waals surface area contributed by atoms with Gasteiger partial charge in [0.1, 0.15) is 11.3 Å². The molecule has 3 rings (SSSR count). The number of alkyl halides is 1. The van der Waals surface area contributed by atoms with Crippen molar-refractivity contribution in [3.05, 3.63) is 24.3 Å². The summed E-state index contributed by atoms with van der Waals surface area (Å²) in [4.78, 5) is 8.88. The van der Waals surface area contributed by atoms with Crippen LogP contribution in [0, 0.1) is 0 Å². The molecule has 3 nitrogen and oxygen atoms in total. The molecule has 0 saturated heterocycles. The second-order valence-corrected chi connectivity index (χ2v) is 7.29. The maximum absolute atomic E-state index is 6.36. The lowest BCUT2D eigenvalue weighted by Gasteiger charge is -2.30. The van der Waals surface area contributed by atoms with Gasteiger partial charge >= 0.3 is 0 Å². The number of pyridine rings is 1. The molecule has 1 fully saturated rings. The molecule has 0 radical (unpaired) electrons. The molecular weight excluding hydrogens is 290 g/mol. The number of halogens is 1. The minimum atomic E-state index is -0.0722. The Morgan fingerprint density at radius 3 is 3.05 bits per heavy atom. The molecule has 108 valence electrons. The summed E-state index contributed by atoms with van der Waals surface area (Å²) in [6.45, 7) is 2.00. The van der Waals surface area contributed by atoms with E-state index in [2.05, 4.69) is 21.9 Å². The van der Waals surface area contributed by atoms with Gasteiger partial charge < -0.3 is 4.57 Å². The summed E-state index contributed by atoms with van der Waals surface area (Å²) in [5.41, 5.74) is 2.13. The van der Waals surface area contributed by atoms with E-state index in [0.29, 0.717) is 6.04 Å². The Morgan fingerprint density at radius 2 is 2.30 bits per heavy atom. The van der Waals surface area contributed by atoms with E-state index in [1.165, 1.54) is 31.2 Å². The summed E-state index contributed by atoms with van der Waals surface area (Å²) in [5, 5.41) is 0.684. The third kappa shape index (κ3) is 2.56. The number of rotatable bonds is 3. The van der Waals surface area contributed by atoms with Crippen molar-refractivity contribution in [2.45, 2.75) is 49.3 Å². The molecule has 20 heavy (non-hydrogen) atoms. The van der Waals surface area contributed by atoms with Crippen LogP contribution in [0.1, 0.15) is 49.9 Å². The molecule has 0 amide bonds. The highest BCUT2D eigenvalue weighted by Crippen LogP contribution is 2.38. The Labute approximate surface area is 129 Å². The van der Waals surface area contributed by atoms with Crippen molar-refractivity contribution in [3.63, 3.8) is 0 Å². The third-order valence-electron chi connectivity index (χ3n) is 4.17. The van der Waals surface area contributed by atoms with Crippen LogP contribution in [-0.4, -0.2) is 26.0 Å². The van der Waals surface area contributed by atoms with Crippen LogP contribution >= 0.6 is 23.4 Å². The van der Waals surface area contributed by atoms with Crippen LogP contribution in [0.5, 0.6) is 0 Å². The van der Waals surface area contributed by atoms with Gasteiger partial charge in [0.05, 0.1) is 17.1 Å². The maximum atomic E-state index is 6.36. The van der Waals surface area contributed by atoms with Gasteiger partial charge in [0.15, 0.2) is 0 Å². The summed E-state index contributed by atoms with van der Waals surface area (Å²) < 4.78 is 2.37. The number of fused-ring (bicyclic) bond motifs is 1. The molecule has 0 aliphatic heterocycles. The first kappa shape index (κ1) is 14.2. The Balaban J connectivity index is 2.06. The molecule has 2 aromatic heterocycles. The molecule has 0 aromatic carbocycles. The summed E-state index contributed by atoms with van der Waals surface area (Å²) in [7, 11) is 0. The van der Waals surface area contributed by atoms with Gasteiger partial charge in [-0.25, -0.2) is 4.98 Å². The predicted octanol–water partition coefficient (Wildman–Crippen LogP) is 4.58. The van der Waals surface area contributed by atoms with E-state index in [1.807, 2.05) is 31.1 Å². The fraction of sp³-hybridized carbons (Fsp3) is 0.600. The van der Waals surface area contributed by atoms with Gasteiger partial charge in [0, 0.05) is 17.5 Å². The van der Waals surface area contributed by atoms with E-state index in [1.54, 1.807) is 0 Å². The van der Waals surface area contributed by atoms with Crippen molar-refractivity contribution in [1.29, 1.82) is 0 Å². The molecule has 5 heteroatoms. The lowest BCUT2D eigenvalue weighted by atomic mass is 9.94. The second kappa shape index (κ2) is 5.94. The molecule has 0 bridgehead atoms. The zero-order valence-electron chi connectivity index (χ0n) is 11.9. The lowest BCUT2D eigenvalue weighted by Crippen LogP contribution is -2.22. The van der Waals surface area contributed by atoms with E-state index in [4.69, 9.17) is 16.6 Å². The largest absolute Gasteiger partial charge is 0.323 e. The monoisotopic (exact) mass is 309 g/mol. The van der Waals surface area contributed by atoms with Crippen molar-refractivity contribution in [1.82, 2.24) is 14.5 Å². The van der Waals surface area contributed by atoms with E-state index < -0.39 is 0 Å².